The number of carbonyl (C=O) groups excluding carboxylic acids is 2. The number of anilines is 1. The molecule has 2 amide bonds. The summed E-state index contributed by atoms with van der Waals surface area (Å²) >= 11 is 0. The van der Waals surface area contributed by atoms with Crippen molar-refractivity contribution in [3.05, 3.63) is 29.3 Å². The molecule has 0 spiro atoms. The molecule has 5 heteroatoms. The smallest absolute Gasteiger partial charge is 0.337 e. The number of fused-ring (bicyclic) bond motifs is 1. The number of aromatic carboxylic acids is 1. The molecule has 92 valence electrons. The van der Waals surface area contributed by atoms with E-state index in [2.05, 4.69) is 0 Å². The average molecular weight is 245 g/mol. The number of nitrogens with zero attached hydrogens (tertiary/aromatic N) is 1. The summed E-state index contributed by atoms with van der Waals surface area (Å²) in [4.78, 5) is 36.1. The molecule has 18 heavy (non-hydrogen) atoms. The van der Waals surface area contributed by atoms with E-state index in [-0.39, 0.29) is 34.9 Å². The Hall–Kier alpha value is -2.17. The third-order valence-electron chi connectivity index (χ3n) is 3.49. The first-order valence-corrected chi connectivity index (χ1v) is 5.72. The summed E-state index contributed by atoms with van der Waals surface area (Å²) in [7, 11) is 0. The second-order valence-corrected chi connectivity index (χ2v) is 4.79. The molecule has 1 aliphatic heterocycles. The van der Waals surface area contributed by atoms with Gasteiger partial charge in [0.1, 0.15) is 0 Å². The zero-order valence-corrected chi connectivity index (χ0v) is 9.71. The lowest BCUT2D eigenvalue weighted by atomic mass is 10.1. The fourth-order valence-electron chi connectivity index (χ4n) is 2.43. The average Bonchev–Trinajstić information content (AvgIpc) is 3.06. The molecule has 3 rings (SSSR count). The summed E-state index contributed by atoms with van der Waals surface area (Å²) in [6.07, 6.45) is 0.614. The van der Waals surface area contributed by atoms with Crippen LogP contribution in [0.15, 0.2) is 18.2 Å². The van der Waals surface area contributed by atoms with Crippen LogP contribution < -0.4 is 4.90 Å². The van der Waals surface area contributed by atoms with Gasteiger partial charge < -0.3 is 5.11 Å². The van der Waals surface area contributed by atoms with Gasteiger partial charge in [-0.25, -0.2) is 9.69 Å². The van der Waals surface area contributed by atoms with Crippen LogP contribution in [0, 0.1) is 18.8 Å². The minimum absolute atomic E-state index is 0.00185. The number of carboxylic acid groups (broad SMARTS) is 1. The standard InChI is InChI=1S/C13H11NO4/c1-6-2-3-10(9(4-6)13(17)18)14-11(15)7-5-8(7)12(14)16/h2-4,7-8H,5H2,1H3,(H,17,18). The number of aryl methyl sites for hydroxylation is 1. The van der Waals surface area contributed by atoms with E-state index in [1.165, 1.54) is 12.1 Å². The summed E-state index contributed by atoms with van der Waals surface area (Å²) in [5.74, 6) is -2.11. The Labute approximate surface area is 103 Å². The number of rotatable bonds is 2. The fraction of sp³-hybridized carbons (Fsp3) is 0.308. The van der Waals surface area contributed by atoms with E-state index in [1.54, 1.807) is 13.0 Å². The highest BCUT2D eigenvalue weighted by Crippen LogP contribution is 2.48. The van der Waals surface area contributed by atoms with E-state index in [9.17, 15) is 14.4 Å². The lowest BCUT2D eigenvalue weighted by Crippen LogP contribution is -2.34. The number of hydrogen-bond donors (Lipinski definition) is 1. The van der Waals surface area contributed by atoms with Gasteiger partial charge in [-0.1, -0.05) is 11.6 Å². The molecule has 1 saturated heterocycles. The van der Waals surface area contributed by atoms with E-state index in [4.69, 9.17) is 5.11 Å². The van der Waals surface area contributed by atoms with Crippen LogP contribution in [-0.2, 0) is 9.59 Å². The van der Waals surface area contributed by atoms with Gasteiger partial charge in [0.15, 0.2) is 0 Å². The molecule has 5 nitrogen and oxygen atoms in total. The Bertz CT molecular complexity index is 573. The summed E-state index contributed by atoms with van der Waals surface area (Å²) in [5, 5.41) is 9.15. The van der Waals surface area contributed by atoms with Crippen LogP contribution in [0.1, 0.15) is 22.3 Å². The highest BCUT2D eigenvalue weighted by Gasteiger charge is 2.59. The number of imide groups is 1. The van der Waals surface area contributed by atoms with Crippen molar-refractivity contribution in [1.82, 2.24) is 0 Å². The van der Waals surface area contributed by atoms with Crippen molar-refractivity contribution in [2.45, 2.75) is 13.3 Å². The maximum absolute atomic E-state index is 11.9. The van der Waals surface area contributed by atoms with Gasteiger partial charge in [0.25, 0.3) is 0 Å². The number of piperidine rings is 1. The number of hydrogen-bond acceptors (Lipinski definition) is 3. The van der Waals surface area contributed by atoms with Crippen molar-refractivity contribution < 1.29 is 19.5 Å². The van der Waals surface area contributed by atoms with Crippen molar-refractivity contribution >= 4 is 23.5 Å². The largest absolute Gasteiger partial charge is 0.478 e. The van der Waals surface area contributed by atoms with Crippen molar-refractivity contribution in [1.29, 1.82) is 0 Å². The van der Waals surface area contributed by atoms with E-state index >= 15 is 0 Å². The van der Waals surface area contributed by atoms with Gasteiger partial charge in [-0.2, -0.15) is 0 Å². The third-order valence-corrected chi connectivity index (χ3v) is 3.49. The summed E-state index contributed by atoms with van der Waals surface area (Å²) in [6, 6.07) is 4.70. The van der Waals surface area contributed by atoms with Gasteiger partial charge in [0.2, 0.25) is 11.8 Å². The lowest BCUT2D eigenvalue weighted by molar-refractivity contribution is -0.123. The van der Waals surface area contributed by atoms with Gasteiger partial charge in [-0.15, -0.1) is 0 Å². The molecule has 2 aliphatic rings. The second-order valence-electron chi connectivity index (χ2n) is 4.79. The molecular formula is C13H11NO4. The van der Waals surface area contributed by atoms with Crippen molar-refractivity contribution in [3.8, 4) is 0 Å². The highest BCUT2D eigenvalue weighted by atomic mass is 16.4. The number of amides is 2. The minimum Gasteiger partial charge on any atom is -0.478 e. The highest BCUT2D eigenvalue weighted by molar-refractivity contribution is 6.26. The Morgan fingerprint density at radius 1 is 1.28 bits per heavy atom. The molecule has 1 aromatic carbocycles. The molecule has 1 aliphatic carbocycles. The molecule has 0 radical (unpaired) electrons. The van der Waals surface area contributed by atoms with Gasteiger partial charge in [0.05, 0.1) is 23.1 Å². The number of benzene rings is 1. The molecule has 1 heterocycles. The van der Waals surface area contributed by atoms with Crippen LogP contribution in [0.4, 0.5) is 5.69 Å². The molecule has 2 atom stereocenters. The molecule has 1 aromatic rings. The van der Waals surface area contributed by atoms with Crippen LogP contribution in [0.5, 0.6) is 0 Å². The van der Waals surface area contributed by atoms with E-state index in [0.717, 1.165) is 10.5 Å². The van der Waals surface area contributed by atoms with Gasteiger partial charge in [0, 0.05) is 0 Å². The summed E-state index contributed by atoms with van der Waals surface area (Å²) in [5.41, 5.74) is 0.966. The topological polar surface area (TPSA) is 74.7 Å². The Kier molecular flexibility index (Phi) is 2.08. The SMILES string of the molecule is Cc1ccc(N2C(=O)C3CC3C2=O)c(C(=O)O)c1. The van der Waals surface area contributed by atoms with Crippen LogP contribution >= 0.6 is 0 Å². The maximum atomic E-state index is 11.9. The van der Waals surface area contributed by atoms with Crippen LogP contribution in [0.3, 0.4) is 0 Å². The van der Waals surface area contributed by atoms with Crippen molar-refractivity contribution in [2.24, 2.45) is 11.8 Å². The van der Waals surface area contributed by atoms with E-state index < -0.39 is 5.97 Å². The van der Waals surface area contributed by atoms with Gasteiger partial charge >= 0.3 is 5.97 Å². The maximum Gasteiger partial charge on any atom is 0.337 e. The summed E-state index contributed by atoms with van der Waals surface area (Å²) in [6.45, 7) is 1.77. The predicted molar refractivity (Wildman–Crippen MR) is 62.2 cm³/mol. The number of carboxylic acids is 1. The van der Waals surface area contributed by atoms with Crippen LogP contribution in [-0.4, -0.2) is 22.9 Å². The van der Waals surface area contributed by atoms with Gasteiger partial charge in [-0.3, -0.25) is 9.59 Å². The number of carbonyl (C=O) groups is 3. The summed E-state index contributed by atoms with van der Waals surface area (Å²) < 4.78 is 0. The Balaban J connectivity index is 2.10. The lowest BCUT2D eigenvalue weighted by Gasteiger charge is -2.18. The van der Waals surface area contributed by atoms with E-state index in [1.807, 2.05) is 0 Å². The fourth-order valence-corrected chi connectivity index (χ4v) is 2.43. The van der Waals surface area contributed by atoms with Gasteiger partial charge in [-0.05, 0) is 25.5 Å². The second kappa shape index (κ2) is 3.41. The van der Waals surface area contributed by atoms with Crippen molar-refractivity contribution in [3.63, 3.8) is 0 Å². The zero-order valence-electron chi connectivity index (χ0n) is 9.71. The van der Waals surface area contributed by atoms with Crippen LogP contribution in [0.2, 0.25) is 0 Å². The molecule has 0 bridgehead atoms. The quantitative estimate of drug-likeness (QED) is 0.794. The normalized spacial score (nSPS) is 25.3. The monoisotopic (exact) mass is 245 g/mol. The zero-order chi connectivity index (χ0) is 13.0. The Morgan fingerprint density at radius 3 is 2.44 bits per heavy atom. The molecule has 1 saturated carbocycles. The first kappa shape index (κ1) is 11.0. The predicted octanol–water partition coefficient (Wildman–Crippen LogP) is 1.20. The molecular weight excluding hydrogens is 234 g/mol. The first-order chi connectivity index (χ1) is 8.50. The van der Waals surface area contributed by atoms with Crippen LogP contribution in [0.25, 0.3) is 0 Å². The third kappa shape index (κ3) is 1.37. The minimum atomic E-state index is -1.13. The Morgan fingerprint density at radius 2 is 1.89 bits per heavy atom. The van der Waals surface area contributed by atoms with Crippen molar-refractivity contribution in [2.75, 3.05) is 4.90 Å². The first-order valence-electron chi connectivity index (χ1n) is 5.72. The molecule has 2 fully saturated rings. The molecule has 1 N–H and O–H groups in total. The molecule has 0 aromatic heterocycles. The van der Waals surface area contributed by atoms with E-state index in [0.29, 0.717) is 6.42 Å². The molecule has 2 unspecified atom stereocenters.